The van der Waals surface area contributed by atoms with Crippen molar-refractivity contribution < 1.29 is 8.42 Å². The molecular formula is C17H26N2O2S. The Kier molecular flexibility index (Phi) is 5.78. The molecule has 0 bridgehead atoms. The molecule has 0 aliphatic carbocycles. The van der Waals surface area contributed by atoms with Crippen molar-refractivity contribution in [3.8, 4) is 0 Å². The first-order chi connectivity index (χ1) is 10.5. The molecule has 1 heterocycles. The summed E-state index contributed by atoms with van der Waals surface area (Å²) in [6.45, 7) is 11.4. The molecule has 1 aliphatic heterocycles. The van der Waals surface area contributed by atoms with Gasteiger partial charge in [-0.2, -0.15) is 4.31 Å². The molecule has 5 heteroatoms. The van der Waals surface area contributed by atoms with E-state index >= 15 is 0 Å². The van der Waals surface area contributed by atoms with Crippen LogP contribution in [0, 0.1) is 0 Å². The third-order valence-electron chi connectivity index (χ3n) is 4.42. The predicted molar refractivity (Wildman–Crippen MR) is 90.5 cm³/mol. The molecule has 0 radical (unpaired) electrons. The SMILES string of the molecule is C=CCN1CCN(S(=O)(=O)c2ccc(C(C)CC)cc2)CC1. The van der Waals surface area contributed by atoms with E-state index in [1.807, 2.05) is 18.2 Å². The Labute approximate surface area is 134 Å². The summed E-state index contributed by atoms with van der Waals surface area (Å²) in [7, 11) is -3.37. The molecule has 1 saturated heterocycles. The monoisotopic (exact) mass is 322 g/mol. The fourth-order valence-electron chi connectivity index (χ4n) is 2.69. The van der Waals surface area contributed by atoms with Gasteiger partial charge in [-0.15, -0.1) is 6.58 Å². The van der Waals surface area contributed by atoms with Gasteiger partial charge in [-0.3, -0.25) is 4.90 Å². The minimum Gasteiger partial charge on any atom is -0.297 e. The number of hydrogen-bond acceptors (Lipinski definition) is 3. The van der Waals surface area contributed by atoms with E-state index in [1.54, 1.807) is 16.4 Å². The Bertz CT molecular complexity index is 588. The maximum atomic E-state index is 12.7. The Morgan fingerprint density at radius 1 is 1.18 bits per heavy atom. The van der Waals surface area contributed by atoms with Gasteiger partial charge in [-0.25, -0.2) is 8.42 Å². The number of rotatable bonds is 6. The predicted octanol–water partition coefficient (Wildman–Crippen LogP) is 2.69. The number of piperazine rings is 1. The lowest BCUT2D eigenvalue weighted by Gasteiger charge is -2.33. The van der Waals surface area contributed by atoms with E-state index in [2.05, 4.69) is 25.3 Å². The van der Waals surface area contributed by atoms with Crippen molar-refractivity contribution in [2.24, 2.45) is 0 Å². The highest BCUT2D eigenvalue weighted by molar-refractivity contribution is 7.89. The summed E-state index contributed by atoms with van der Waals surface area (Å²) >= 11 is 0. The quantitative estimate of drug-likeness (QED) is 0.756. The molecule has 0 amide bonds. The largest absolute Gasteiger partial charge is 0.297 e. The van der Waals surface area contributed by atoms with E-state index in [1.165, 1.54) is 5.56 Å². The van der Waals surface area contributed by atoms with Crippen molar-refractivity contribution in [1.82, 2.24) is 9.21 Å². The van der Waals surface area contributed by atoms with Gasteiger partial charge in [-0.05, 0) is 30.0 Å². The lowest BCUT2D eigenvalue weighted by molar-refractivity contribution is 0.204. The minimum absolute atomic E-state index is 0.400. The molecule has 122 valence electrons. The molecule has 1 unspecified atom stereocenters. The number of hydrogen-bond donors (Lipinski definition) is 0. The van der Waals surface area contributed by atoms with Crippen molar-refractivity contribution >= 4 is 10.0 Å². The zero-order valence-corrected chi connectivity index (χ0v) is 14.3. The highest BCUT2D eigenvalue weighted by Crippen LogP contribution is 2.23. The third kappa shape index (κ3) is 3.77. The number of sulfonamides is 1. The summed E-state index contributed by atoms with van der Waals surface area (Å²) < 4.78 is 27.0. The summed E-state index contributed by atoms with van der Waals surface area (Å²) in [5.74, 6) is 0.458. The van der Waals surface area contributed by atoms with E-state index in [0.29, 0.717) is 23.9 Å². The highest BCUT2D eigenvalue weighted by Gasteiger charge is 2.28. The van der Waals surface area contributed by atoms with Crippen LogP contribution in [0.5, 0.6) is 0 Å². The number of nitrogens with zero attached hydrogens (tertiary/aromatic N) is 2. The molecule has 0 saturated carbocycles. The highest BCUT2D eigenvalue weighted by atomic mass is 32.2. The molecule has 4 nitrogen and oxygen atoms in total. The van der Waals surface area contributed by atoms with Crippen LogP contribution in [0.25, 0.3) is 0 Å². The molecule has 0 spiro atoms. The summed E-state index contributed by atoms with van der Waals surface area (Å²) in [5.41, 5.74) is 1.19. The first-order valence-electron chi connectivity index (χ1n) is 7.92. The van der Waals surface area contributed by atoms with Crippen LogP contribution in [0.3, 0.4) is 0 Å². The molecule has 0 aromatic heterocycles. The van der Waals surface area contributed by atoms with Gasteiger partial charge in [0.25, 0.3) is 0 Å². The molecular weight excluding hydrogens is 296 g/mol. The molecule has 1 atom stereocenters. The van der Waals surface area contributed by atoms with Gasteiger partial charge in [0.2, 0.25) is 10.0 Å². The molecule has 22 heavy (non-hydrogen) atoms. The fourth-order valence-corrected chi connectivity index (χ4v) is 4.11. The molecule has 1 aliphatic rings. The average Bonchev–Trinajstić information content (AvgIpc) is 2.55. The summed E-state index contributed by atoms with van der Waals surface area (Å²) in [4.78, 5) is 2.61. The zero-order valence-electron chi connectivity index (χ0n) is 13.5. The van der Waals surface area contributed by atoms with Gasteiger partial charge in [0.15, 0.2) is 0 Å². The Hall–Kier alpha value is -1.17. The van der Waals surface area contributed by atoms with Crippen LogP contribution in [0.2, 0.25) is 0 Å². The normalized spacial score (nSPS) is 19.0. The summed E-state index contributed by atoms with van der Waals surface area (Å²) in [5, 5.41) is 0. The molecule has 1 aromatic carbocycles. The van der Waals surface area contributed by atoms with Crippen molar-refractivity contribution in [2.45, 2.75) is 31.1 Å². The molecule has 0 N–H and O–H groups in total. The Morgan fingerprint density at radius 3 is 2.27 bits per heavy atom. The van der Waals surface area contributed by atoms with Crippen LogP contribution in [-0.4, -0.2) is 50.3 Å². The number of benzene rings is 1. The Balaban J connectivity index is 2.09. The zero-order chi connectivity index (χ0) is 16.2. The van der Waals surface area contributed by atoms with Gasteiger partial charge in [0.05, 0.1) is 4.90 Å². The van der Waals surface area contributed by atoms with E-state index in [4.69, 9.17) is 0 Å². The fraction of sp³-hybridized carbons (Fsp3) is 0.529. The van der Waals surface area contributed by atoms with Crippen molar-refractivity contribution in [3.63, 3.8) is 0 Å². The van der Waals surface area contributed by atoms with Crippen LogP contribution in [0.15, 0.2) is 41.8 Å². The molecule has 2 rings (SSSR count). The van der Waals surface area contributed by atoms with E-state index in [9.17, 15) is 8.42 Å². The average molecular weight is 322 g/mol. The first kappa shape index (κ1) is 17.2. The van der Waals surface area contributed by atoms with Crippen LogP contribution in [0.1, 0.15) is 31.7 Å². The maximum absolute atomic E-state index is 12.7. The van der Waals surface area contributed by atoms with Gasteiger partial charge in [-0.1, -0.05) is 32.1 Å². The van der Waals surface area contributed by atoms with Gasteiger partial charge in [0, 0.05) is 32.7 Å². The Morgan fingerprint density at radius 2 is 1.77 bits per heavy atom. The standard InChI is InChI=1S/C17H26N2O2S/c1-4-10-18-11-13-19(14-12-18)22(20,21)17-8-6-16(7-9-17)15(3)5-2/h4,6-9,15H,1,5,10-14H2,2-3H3. The molecule has 1 aromatic rings. The van der Waals surface area contributed by atoms with Gasteiger partial charge < -0.3 is 0 Å². The second-order valence-corrected chi connectivity index (χ2v) is 7.81. The van der Waals surface area contributed by atoms with Crippen molar-refractivity contribution in [1.29, 1.82) is 0 Å². The summed E-state index contributed by atoms with van der Waals surface area (Å²) in [6.07, 6.45) is 2.91. The first-order valence-corrected chi connectivity index (χ1v) is 9.36. The van der Waals surface area contributed by atoms with Crippen LogP contribution in [0.4, 0.5) is 0 Å². The lowest BCUT2D eigenvalue weighted by Crippen LogP contribution is -2.48. The maximum Gasteiger partial charge on any atom is 0.243 e. The van der Waals surface area contributed by atoms with Crippen molar-refractivity contribution in [3.05, 3.63) is 42.5 Å². The smallest absolute Gasteiger partial charge is 0.243 e. The van der Waals surface area contributed by atoms with Gasteiger partial charge in [0.1, 0.15) is 0 Å². The molecule has 1 fully saturated rings. The van der Waals surface area contributed by atoms with E-state index in [0.717, 1.165) is 26.1 Å². The topological polar surface area (TPSA) is 40.6 Å². The lowest BCUT2D eigenvalue weighted by atomic mass is 9.99. The second-order valence-electron chi connectivity index (χ2n) is 5.87. The van der Waals surface area contributed by atoms with Crippen molar-refractivity contribution in [2.75, 3.05) is 32.7 Å². The summed E-state index contributed by atoms with van der Waals surface area (Å²) in [6, 6.07) is 7.36. The van der Waals surface area contributed by atoms with Crippen LogP contribution >= 0.6 is 0 Å². The second kappa shape index (κ2) is 7.40. The minimum atomic E-state index is -3.37. The van der Waals surface area contributed by atoms with E-state index in [-0.39, 0.29) is 0 Å². The van der Waals surface area contributed by atoms with Crippen LogP contribution in [-0.2, 0) is 10.0 Å². The van der Waals surface area contributed by atoms with Crippen LogP contribution < -0.4 is 0 Å². The van der Waals surface area contributed by atoms with E-state index < -0.39 is 10.0 Å². The van der Waals surface area contributed by atoms with Gasteiger partial charge >= 0.3 is 0 Å². The third-order valence-corrected chi connectivity index (χ3v) is 6.33.